The molecular weight excluding hydrogens is 296 g/mol. The second-order valence-corrected chi connectivity index (χ2v) is 6.21. The van der Waals surface area contributed by atoms with Gasteiger partial charge in [0.15, 0.2) is 5.01 Å². The van der Waals surface area contributed by atoms with E-state index in [0.29, 0.717) is 9.88 Å². The van der Waals surface area contributed by atoms with Crippen LogP contribution in [-0.4, -0.2) is 34.0 Å². The molecule has 0 aliphatic carbocycles. The maximum atomic E-state index is 12.3. The molecule has 0 radical (unpaired) electrons. The lowest BCUT2D eigenvalue weighted by Crippen LogP contribution is -2.35. The summed E-state index contributed by atoms with van der Waals surface area (Å²) in [4.78, 5) is 19.1. The van der Waals surface area contributed by atoms with Gasteiger partial charge in [-0.15, -0.1) is 11.3 Å². The molecule has 5 heteroatoms. The summed E-state index contributed by atoms with van der Waals surface area (Å²) >= 11 is 1.32. The van der Waals surface area contributed by atoms with Crippen molar-refractivity contribution < 1.29 is 9.90 Å². The molecule has 2 heterocycles. The zero-order valence-electron chi connectivity index (χ0n) is 12.1. The van der Waals surface area contributed by atoms with E-state index in [9.17, 15) is 9.90 Å². The quantitative estimate of drug-likeness (QED) is 0.824. The van der Waals surface area contributed by atoms with E-state index < -0.39 is 0 Å². The predicted octanol–water partition coefficient (Wildman–Crippen LogP) is 2.87. The molecule has 2 aromatic rings. The lowest BCUT2D eigenvalue weighted by molar-refractivity contribution is 0.0729. The van der Waals surface area contributed by atoms with Crippen LogP contribution in [0.5, 0.6) is 5.75 Å². The number of piperidine rings is 1. The van der Waals surface area contributed by atoms with Gasteiger partial charge in [-0.05, 0) is 43.4 Å². The van der Waals surface area contributed by atoms with E-state index in [1.807, 2.05) is 11.0 Å². The van der Waals surface area contributed by atoms with Gasteiger partial charge in [-0.3, -0.25) is 4.79 Å². The first kappa shape index (κ1) is 14.6. The molecule has 112 valence electrons. The molecule has 1 aromatic carbocycles. The molecule has 22 heavy (non-hydrogen) atoms. The van der Waals surface area contributed by atoms with E-state index in [-0.39, 0.29) is 11.7 Å². The largest absolute Gasteiger partial charge is 0.508 e. The minimum Gasteiger partial charge on any atom is -0.508 e. The van der Waals surface area contributed by atoms with E-state index >= 15 is 0 Å². The van der Waals surface area contributed by atoms with E-state index in [2.05, 4.69) is 16.8 Å². The molecule has 0 unspecified atom stereocenters. The zero-order valence-corrected chi connectivity index (χ0v) is 12.9. The summed E-state index contributed by atoms with van der Waals surface area (Å²) in [7, 11) is 0. The Hall–Kier alpha value is -2.32. The van der Waals surface area contributed by atoms with Crippen LogP contribution in [0.2, 0.25) is 0 Å². The number of thiazole rings is 1. The van der Waals surface area contributed by atoms with Crippen molar-refractivity contribution >= 4 is 17.2 Å². The zero-order chi connectivity index (χ0) is 15.4. The predicted molar refractivity (Wildman–Crippen MR) is 86.0 cm³/mol. The smallest absolute Gasteiger partial charge is 0.265 e. The van der Waals surface area contributed by atoms with E-state index in [1.165, 1.54) is 17.8 Å². The second-order valence-electron chi connectivity index (χ2n) is 5.18. The standard InChI is InChI=1S/C17H16N2O2S/c20-14-6-4-5-13(11-14)7-8-16-18-12-15(22-16)17(21)19-9-2-1-3-10-19/h4-6,11-12,20H,1-3,9-10H2. The summed E-state index contributed by atoms with van der Waals surface area (Å²) in [6.45, 7) is 1.67. The second kappa shape index (κ2) is 6.63. The van der Waals surface area contributed by atoms with Gasteiger partial charge in [-0.2, -0.15) is 0 Å². The molecule has 1 N–H and O–H groups in total. The van der Waals surface area contributed by atoms with Crippen molar-refractivity contribution in [3.8, 4) is 17.6 Å². The summed E-state index contributed by atoms with van der Waals surface area (Å²) < 4.78 is 0. The Labute approximate surface area is 133 Å². The fraction of sp³-hybridized carbons (Fsp3) is 0.294. The van der Waals surface area contributed by atoms with Crippen molar-refractivity contribution in [3.63, 3.8) is 0 Å². The SMILES string of the molecule is O=C(c1cnc(C#Cc2cccc(O)c2)s1)N1CCCCC1. The van der Waals surface area contributed by atoms with Crippen LogP contribution in [0, 0.1) is 11.8 Å². The van der Waals surface area contributed by atoms with Gasteiger partial charge in [0, 0.05) is 18.7 Å². The number of benzene rings is 1. The number of phenolic OH excluding ortho intramolecular Hbond substituents is 1. The average molecular weight is 312 g/mol. The number of carbonyl (C=O) groups excluding carboxylic acids is 1. The number of hydrogen-bond donors (Lipinski definition) is 1. The molecular formula is C17H16N2O2S. The molecule has 3 rings (SSSR count). The molecule has 0 bridgehead atoms. The molecule has 4 nitrogen and oxygen atoms in total. The van der Waals surface area contributed by atoms with Crippen LogP contribution in [0.3, 0.4) is 0 Å². The van der Waals surface area contributed by atoms with Crippen molar-refractivity contribution in [3.05, 3.63) is 45.9 Å². The van der Waals surface area contributed by atoms with Crippen LogP contribution in [-0.2, 0) is 0 Å². The number of phenols is 1. The Bertz CT molecular complexity index is 736. The monoisotopic (exact) mass is 312 g/mol. The van der Waals surface area contributed by atoms with Crippen molar-refractivity contribution in [2.24, 2.45) is 0 Å². The Balaban J connectivity index is 1.72. The summed E-state index contributed by atoms with van der Waals surface area (Å²) in [5, 5.41) is 10.0. The third-order valence-corrected chi connectivity index (χ3v) is 4.42. The lowest BCUT2D eigenvalue weighted by atomic mass is 10.1. The summed E-state index contributed by atoms with van der Waals surface area (Å²) in [6.07, 6.45) is 4.96. The maximum Gasteiger partial charge on any atom is 0.265 e. The highest BCUT2D eigenvalue weighted by Crippen LogP contribution is 2.18. The van der Waals surface area contributed by atoms with Gasteiger partial charge < -0.3 is 10.0 Å². The third-order valence-electron chi connectivity index (χ3n) is 3.52. The normalized spacial score (nSPS) is 14.3. The maximum absolute atomic E-state index is 12.3. The van der Waals surface area contributed by atoms with Crippen LogP contribution in [0.1, 0.15) is 39.5 Å². The van der Waals surface area contributed by atoms with Crippen molar-refractivity contribution in [1.82, 2.24) is 9.88 Å². The Morgan fingerprint density at radius 1 is 1.23 bits per heavy atom. The molecule has 1 aromatic heterocycles. The van der Waals surface area contributed by atoms with E-state index in [4.69, 9.17) is 0 Å². The molecule has 0 spiro atoms. The third kappa shape index (κ3) is 3.46. The Kier molecular flexibility index (Phi) is 4.40. The number of carbonyl (C=O) groups is 1. The molecule has 1 saturated heterocycles. The minimum atomic E-state index is 0.0580. The minimum absolute atomic E-state index is 0.0580. The van der Waals surface area contributed by atoms with Gasteiger partial charge in [0.2, 0.25) is 0 Å². The van der Waals surface area contributed by atoms with E-state index in [0.717, 1.165) is 31.5 Å². The number of amides is 1. The Morgan fingerprint density at radius 2 is 2.05 bits per heavy atom. The highest BCUT2D eigenvalue weighted by molar-refractivity contribution is 7.14. The average Bonchev–Trinajstić information content (AvgIpc) is 3.02. The number of rotatable bonds is 1. The number of aromatic hydroxyl groups is 1. The Morgan fingerprint density at radius 3 is 2.82 bits per heavy atom. The van der Waals surface area contributed by atoms with Gasteiger partial charge in [0.05, 0.1) is 6.20 Å². The first-order valence-corrected chi connectivity index (χ1v) is 8.10. The van der Waals surface area contributed by atoms with Crippen LogP contribution < -0.4 is 0 Å². The molecule has 1 amide bonds. The topological polar surface area (TPSA) is 53.4 Å². The lowest BCUT2D eigenvalue weighted by Gasteiger charge is -2.25. The fourth-order valence-corrected chi connectivity index (χ4v) is 3.13. The molecule has 1 aliphatic rings. The molecule has 0 saturated carbocycles. The number of aromatic nitrogens is 1. The van der Waals surface area contributed by atoms with Gasteiger partial charge in [-0.1, -0.05) is 12.0 Å². The van der Waals surface area contributed by atoms with Gasteiger partial charge in [-0.25, -0.2) is 4.98 Å². The van der Waals surface area contributed by atoms with Crippen LogP contribution in [0.4, 0.5) is 0 Å². The molecule has 0 atom stereocenters. The van der Waals surface area contributed by atoms with Gasteiger partial charge >= 0.3 is 0 Å². The highest BCUT2D eigenvalue weighted by Gasteiger charge is 2.19. The van der Waals surface area contributed by atoms with Crippen molar-refractivity contribution in [2.45, 2.75) is 19.3 Å². The van der Waals surface area contributed by atoms with E-state index in [1.54, 1.807) is 24.4 Å². The van der Waals surface area contributed by atoms with Crippen LogP contribution in [0.25, 0.3) is 0 Å². The number of hydrogen-bond acceptors (Lipinski definition) is 4. The summed E-state index contributed by atoms with van der Waals surface area (Å²) in [5.41, 5.74) is 0.721. The van der Waals surface area contributed by atoms with Gasteiger partial charge in [0.25, 0.3) is 5.91 Å². The fourth-order valence-electron chi connectivity index (χ4n) is 2.39. The first-order chi connectivity index (χ1) is 10.7. The highest BCUT2D eigenvalue weighted by atomic mass is 32.1. The number of likely N-dealkylation sites (tertiary alicyclic amines) is 1. The summed E-state index contributed by atoms with van der Waals surface area (Å²) in [5.74, 6) is 6.13. The number of nitrogens with zero attached hydrogens (tertiary/aromatic N) is 2. The van der Waals surface area contributed by atoms with Crippen molar-refractivity contribution in [2.75, 3.05) is 13.1 Å². The molecule has 1 aliphatic heterocycles. The first-order valence-electron chi connectivity index (χ1n) is 7.28. The van der Waals surface area contributed by atoms with Crippen LogP contribution >= 0.6 is 11.3 Å². The van der Waals surface area contributed by atoms with Crippen molar-refractivity contribution in [1.29, 1.82) is 0 Å². The summed E-state index contributed by atoms with van der Waals surface area (Å²) in [6, 6.07) is 6.76. The van der Waals surface area contributed by atoms with Gasteiger partial charge in [0.1, 0.15) is 10.6 Å². The molecule has 1 fully saturated rings. The van der Waals surface area contributed by atoms with Crippen LogP contribution in [0.15, 0.2) is 30.5 Å².